The number of pyridine rings is 2. The normalized spacial score (nSPS) is 15.1. The lowest BCUT2D eigenvalue weighted by Crippen LogP contribution is -2.43. The Labute approximate surface area is 218 Å². The molecule has 8 nitrogen and oxygen atoms in total. The van der Waals surface area contributed by atoms with E-state index in [0.29, 0.717) is 5.65 Å². The van der Waals surface area contributed by atoms with Crippen LogP contribution >= 0.6 is 0 Å². The summed E-state index contributed by atoms with van der Waals surface area (Å²) in [6, 6.07) is 23.0. The van der Waals surface area contributed by atoms with Crippen molar-refractivity contribution in [1.29, 1.82) is 0 Å². The Bertz CT molecular complexity index is 1840. The van der Waals surface area contributed by atoms with Crippen LogP contribution in [-0.4, -0.2) is 29.5 Å². The molecule has 0 unspecified atom stereocenters. The first kappa shape index (κ1) is 21.3. The Hall–Kier alpha value is -4.82. The highest BCUT2D eigenvalue weighted by molar-refractivity contribution is 5.91. The van der Waals surface area contributed by atoms with Gasteiger partial charge in [-0.3, -0.25) is 4.57 Å². The number of nitrogens with two attached hydrogens (primary N) is 1. The average molecular weight is 497 g/mol. The molecule has 6 aromatic rings. The van der Waals surface area contributed by atoms with Gasteiger partial charge in [-0.1, -0.05) is 36.4 Å². The zero-order valence-corrected chi connectivity index (χ0v) is 20.5. The summed E-state index contributed by atoms with van der Waals surface area (Å²) in [4.78, 5) is 22.1. The quantitative estimate of drug-likeness (QED) is 0.279. The second-order valence-corrected chi connectivity index (χ2v) is 10.1. The largest absolute Gasteiger partial charge is 0.343 e. The van der Waals surface area contributed by atoms with Crippen LogP contribution in [0.1, 0.15) is 24.8 Å². The molecule has 1 aliphatic carbocycles. The lowest BCUT2D eigenvalue weighted by Gasteiger charge is -2.38. The summed E-state index contributed by atoms with van der Waals surface area (Å²) in [5.74, 6) is 1.62. The fourth-order valence-electron chi connectivity index (χ4n) is 5.66. The molecule has 2 aliphatic rings. The zero-order chi connectivity index (χ0) is 25.3. The van der Waals surface area contributed by atoms with Gasteiger partial charge >= 0.3 is 0 Å². The lowest BCUT2D eigenvalue weighted by atomic mass is 9.72. The van der Waals surface area contributed by atoms with E-state index in [1.54, 1.807) is 12.5 Å². The summed E-state index contributed by atoms with van der Waals surface area (Å²) in [6.45, 7) is 0. The van der Waals surface area contributed by atoms with Crippen LogP contribution in [0, 0.1) is 0 Å². The molecule has 0 spiro atoms. The van der Waals surface area contributed by atoms with Gasteiger partial charge in [0.2, 0.25) is 0 Å². The van der Waals surface area contributed by atoms with Gasteiger partial charge in [0.1, 0.15) is 5.82 Å². The maximum absolute atomic E-state index is 6.65. The maximum Gasteiger partial charge on any atom is 0.177 e. The van der Waals surface area contributed by atoms with Gasteiger partial charge in [0, 0.05) is 34.6 Å². The van der Waals surface area contributed by atoms with Crippen LogP contribution < -0.4 is 11.1 Å². The maximum atomic E-state index is 6.65. The van der Waals surface area contributed by atoms with E-state index in [1.165, 1.54) is 12.0 Å². The van der Waals surface area contributed by atoms with Gasteiger partial charge in [-0.05, 0) is 55.2 Å². The van der Waals surface area contributed by atoms with Gasteiger partial charge in [0.05, 0.1) is 34.6 Å². The molecule has 4 N–H and O–H groups in total. The average Bonchev–Trinajstić information content (AvgIpc) is 3.54. The zero-order valence-electron chi connectivity index (χ0n) is 20.5. The van der Waals surface area contributed by atoms with Crippen molar-refractivity contribution in [2.75, 3.05) is 5.32 Å². The van der Waals surface area contributed by atoms with Crippen molar-refractivity contribution < 1.29 is 0 Å². The van der Waals surface area contributed by atoms with Crippen molar-refractivity contribution in [1.82, 2.24) is 29.5 Å². The molecular formula is C30H24N8. The van der Waals surface area contributed by atoms with Crippen molar-refractivity contribution in [3.8, 4) is 39.6 Å². The van der Waals surface area contributed by atoms with E-state index in [0.717, 1.165) is 69.5 Å². The number of para-hydroxylation sites is 1. The number of fused-ring (bicyclic) bond motifs is 6. The number of anilines is 2. The fraction of sp³-hybridized carbons (Fsp3) is 0.133. The third-order valence-corrected chi connectivity index (χ3v) is 7.85. The molecule has 8 heteroatoms. The van der Waals surface area contributed by atoms with Gasteiger partial charge in [0.25, 0.3) is 0 Å². The van der Waals surface area contributed by atoms with Crippen LogP contribution in [0.4, 0.5) is 11.5 Å². The molecule has 184 valence electrons. The first-order valence-electron chi connectivity index (χ1n) is 12.8. The molecule has 1 fully saturated rings. The lowest BCUT2D eigenvalue weighted by molar-refractivity contribution is 0.253. The van der Waals surface area contributed by atoms with E-state index in [4.69, 9.17) is 15.7 Å². The molecule has 5 heterocycles. The Kier molecular flexibility index (Phi) is 4.39. The minimum atomic E-state index is -0.218. The van der Waals surface area contributed by atoms with Gasteiger partial charge in [-0.25, -0.2) is 19.9 Å². The first-order valence-corrected chi connectivity index (χ1v) is 12.8. The number of imidazole rings is 2. The Morgan fingerprint density at radius 1 is 0.895 bits per heavy atom. The Morgan fingerprint density at radius 2 is 1.76 bits per heavy atom. The van der Waals surface area contributed by atoms with Gasteiger partial charge in [0.15, 0.2) is 11.5 Å². The highest BCUT2D eigenvalue weighted by Crippen LogP contribution is 2.45. The number of nitrogens with one attached hydrogen (secondary N) is 2. The van der Waals surface area contributed by atoms with Gasteiger partial charge in [-0.15, -0.1) is 0 Å². The van der Waals surface area contributed by atoms with Gasteiger partial charge < -0.3 is 16.0 Å². The number of rotatable bonds is 3. The number of hydrogen-bond acceptors (Lipinski definition) is 6. The number of hydrogen-bond donors (Lipinski definition) is 3. The third kappa shape index (κ3) is 3.07. The van der Waals surface area contributed by atoms with Crippen LogP contribution in [0.3, 0.4) is 0 Å². The second kappa shape index (κ2) is 7.84. The molecule has 38 heavy (non-hydrogen) atoms. The fourth-order valence-corrected chi connectivity index (χ4v) is 5.66. The van der Waals surface area contributed by atoms with Gasteiger partial charge in [-0.2, -0.15) is 0 Å². The number of aromatic amines is 1. The second-order valence-electron chi connectivity index (χ2n) is 10.1. The Morgan fingerprint density at radius 3 is 2.61 bits per heavy atom. The number of benzene rings is 2. The summed E-state index contributed by atoms with van der Waals surface area (Å²) in [5, 5.41) is 3.52. The predicted molar refractivity (Wildman–Crippen MR) is 148 cm³/mol. The molecule has 8 rings (SSSR count). The molecule has 2 aromatic carbocycles. The standard InChI is InChI=1S/C30H24N8/c31-30(12-4-13-30)20-10-8-18(9-11-20)26-25(19-15-23-27(33-16-19)35-17-34-23)37-29-21-5-1-2-6-22(21)36-28-24(38(26)29)7-3-14-32-28/h1-3,5-11,14-17H,4,12-13,31H2,(H,32,36)(H,33,34,35). The molecule has 1 saturated carbocycles. The molecule has 0 radical (unpaired) electrons. The van der Waals surface area contributed by atoms with Crippen LogP contribution in [0.5, 0.6) is 0 Å². The van der Waals surface area contributed by atoms with E-state index in [9.17, 15) is 0 Å². The SMILES string of the molecule is NC1(c2ccc(-c3c(-c4cnc5nc[nH]c5c4)nc4n3-c3cccnc3Nc3ccccc3-4)cc2)CCC1. The minimum absolute atomic E-state index is 0.218. The van der Waals surface area contributed by atoms with Crippen molar-refractivity contribution in [3.05, 3.63) is 91.0 Å². The number of aromatic nitrogens is 6. The highest BCUT2D eigenvalue weighted by Gasteiger charge is 2.34. The van der Waals surface area contributed by atoms with E-state index >= 15 is 0 Å². The smallest absolute Gasteiger partial charge is 0.177 e. The summed E-state index contributed by atoms with van der Waals surface area (Å²) in [5.41, 5.74) is 15.8. The molecule has 0 saturated heterocycles. The highest BCUT2D eigenvalue weighted by atomic mass is 15.2. The summed E-state index contributed by atoms with van der Waals surface area (Å²) < 4.78 is 2.21. The van der Waals surface area contributed by atoms with Crippen molar-refractivity contribution in [2.45, 2.75) is 24.8 Å². The molecule has 0 amide bonds. The molecule has 0 bridgehead atoms. The van der Waals surface area contributed by atoms with E-state index in [2.05, 4.69) is 73.4 Å². The third-order valence-electron chi connectivity index (χ3n) is 7.85. The summed E-state index contributed by atoms with van der Waals surface area (Å²) >= 11 is 0. The molecule has 1 aliphatic heterocycles. The molecule has 4 aromatic heterocycles. The number of H-pyrrole nitrogens is 1. The van der Waals surface area contributed by atoms with Crippen LogP contribution in [0.2, 0.25) is 0 Å². The van der Waals surface area contributed by atoms with Crippen LogP contribution in [0.25, 0.3) is 50.8 Å². The van der Waals surface area contributed by atoms with E-state index in [-0.39, 0.29) is 5.54 Å². The topological polar surface area (TPSA) is 110 Å². The monoisotopic (exact) mass is 496 g/mol. The predicted octanol–water partition coefficient (Wildman–Crippen LogP) is 5.93. The van der Waals surface area contributed by atoms with Crippen molar-refractivity contribution in [2.24, 2.45) is 5.73 Å². The van der Waals surface area contributed by atoms with Crippen molar-refractivity contribution in [3.63, 3.8) is 0 Å². The summed E-state index contributed by atoms with van der Waals surface area (Å²) in [6.07, 6.45) is 8.55. The van der Waals surface area contributed by atoms with E-state index in [1.807, 2.05) is 24.4 Å². The number of nitrogens with zero attached hydrogens (tertiary/aromatic N) is 5. The van der Waals surface area contributed by atoms with E-state index < -0.39 is 0 Å². The summed E-state index contributed by atoms with van der Waals surface area (Å²) in [7, 11) is 0. The first-order chi connectivity index (χ1) is 18.7. The Balaban J connectivity index is 1.43. The van der Waals surface area contributed by atoms with Crippen LogP contribution in [-0.2, 0) is 5.54 Å². The van der Waals surface area contributed by atoms with Crippen molar-refractivity contribution >= 4 is 22.7 Å². The molecular weight excluding hydrogens is 472 g/mol. The van der Waals surface area contributed by atoms with Crippen LogP contribution in [0.15, 0.2) is 85.5 Å². The minimum Gasteiger partial charge on any atom is -0.343 e. The molecule has 0 atom stereocenters.